The van der Waals surface area contributed by atoms with Gasteiger partial charge in [0.05, 0.1) is 9.85 Å². The molecule has 0 saturated heterocycles. The standard InChI is InChI=1S/C12H11N3O2.C12H13N3.C6H4FNO2.2ClH/c1-9-3-2-4-12(13-9)14-10-5-7-11(8-6-10)15(16)17;1-9-3-2-4-12(14-9)15-11-7-5-10(13)6-8-11;7-5-1-3-6(4-2-5)8(9)10;;/h2-8H,1H3,(H,13,14);2-8H,13H2,1H3,(H,14,15);1-4H;2*1H. The van der Waals surface area contributed by atoms with Crippen LogP contribution in [0, 0.1) is 39.9 Å². The van der Waals surface area contributed by atoms with Gasteiger partial charge in [-0.3, -0.25) is 20.2 Å². The maximum atomic E-state index is 12.1. The third-order valence-electron chi connectivity index (χ3n) is 5.35. The molecular weight excluding hydrogens is 612 g/mol. The molecule has 0 fully saturated rings. The Morgan fingerprint density at radius 3 is 1.34 bits per heavy atom. The molecule has 5 aromatic rings. The van der Waals surface area contributed by atoms with Crippen LogP contribution in [0.3, 0.4) is 0 Å². The van der Waals surface area contributed by atoms with Gasteiger partial charge in [0.15, 0.2) is 0 Å². The number of nitrogens with two attached hydrogens (primary N) is 1. The van der Waals surface area contributed by atoms with E-state index in [0.29, 0.717) is 0 Å². The van der Waals surface area contributed by atoms with E-state index in [9.17, 15) is 24.6 Å². The van der Waals surface area contributed by atoms with Crippen molar-refractivity contribution in [1.82, 2.24) is 9.97 Å². The number of nitrogens with one attached hydrogen (secondary N) is 2. The zero-order valence-corrected chi connectivity index (χ0v) is 25.2. The summed E-state index contributed by atoms with van der Waals surface area (Å²) in [5.41, 5.74) is 10.0. The summed E-state index contributed by atoms with van der Waals surface area (Å²) in [4.78, 5) is 28.1. The van der Waals surface area contributed by atoms with Crippen molar-refractivity contribution >= 4 is 64.9 Å². The van der Waals surface area contributed by atoms with Crippen LogP contribution in [0.4, 0.5) is 44.5 Å². The fourth-order valence-electron chi connectivity index (χ4n) is 3.32. The number of non-ortho nitro benzene ring substituents is 2. The number of nitrogen functional groups attached to an aromatic ring is 1. The van der Waals surface area contributed by atoms with E-state index in [1.165, 1.54) is 12.1 Å². The summed E-state index contributed by atoms with van der Waals surface area (Å²) in [5.74, 6) is 1.10. The predicted octanol–water partition coefficient (Wildman–Crippen LogP) is 8.34. The second-order valence-corrected chi connectivity index (χ2v) is 8.74. The first-order valence-corrected chi connectivity index (χ1v) is 12.5. The van der Waals surface area contributed by atoms with Gasteiger partial charge in [0.25, 0.3) is 11.4 Å². The predicted molar refractivity (Wildman–Crippen MR) is 176 cm³/mol. The molecule has 0 aliphatic heterocycles. The molecule has 0 unspecified atom stereocenters. The number of halogens is 3. The lowest BCUT2D eigenvalue weighted by Gasteiger charge is -2.05. The van der Waals surface area contributed by atoms with Gasteiger partial charge < -0.3 is 16.4 Å². The SMILES string of the molecule is Cc1cccc(Nc2ccc(N)cc2)n1.Cc1cccc(Nc2ccc([N+](=O)[O-])cc2)n1.Cl.Cl.O=[N+]([O-])c1ccc(F)cc1. The van der Waals surface area contributed by atoms with Crippen molar-refractivity contribution < 1.29 is 14.2 Å². The fraction of sp³-hybridized carbons (Fsp3) is 0.0667. The van der Waals surface area contributed by atoms with E-state index < -0.39 is 15.7 Å². The number of hydrogen-bond donors (Lipinski definition) is 3. The molecule has 0 atom stereocenters. The second kappa shape index (κ2) is 18.3. The molecule has 0 aliphatic rings. The van der Waals surface area contributed by atoms with Gasteiger partial charge in [0, 0.05) is 52.7 Å². The van der Waals surface area contributed by atoms with Crippen LogP contribution < -0.4 is 16.4 Å². The normalized spacial score (nSPS) is 9.34. The number of aromatic nitrogens is 2. The Balaban J connectivity index is 0.000000333. The van der Waals surface area contributed by atoms with Crippen molar-refractivity contribution in [3.8, 4) is 0 Å². The molecular formula is C30H30Cl2FN7O4. The van der Waals surface area contributed by atoms with E-state index in [1.54, 1.807) is 12.1 Å². The van der Waals surface area contributed by atoms with Crippen molar-refractivity contribution in [2.45, 2.75) is 13.8 Å². The van der Waals surface area contributed by atoms with E-state index >= 15 is 0 Å². The minimum Gasteiger partial charge on any atom is -0.399 e. The Bertz CT molecular complexity index is 1630. The molecule has 3 aromatic carbocycles. The molecule has 0 amide bonds. The third-order valence-corrected chi connectivity index (χ3v) is 5.35. The Morgan fingerprint density at radius 1 is 0.614 bits per heavy atom. The summed E-state index contributed by atoms with van der Waals surface area (Å²) in [7, 11) is 0. The molecule has 2 aromatic heterocycles. The quantitative estimate of drug-likeness (QED) is 0.0939. The lowest BCUT2D eigenvalue weighted by molar-refractivity contribution is -0.385. The van der Waals surface area contributed by atoms with E-state index in [4.69, 9.17) is 5.73 Å². The number of rotatable bonds is 6. The molecule has 230 valence electrons. The molecule has 0 aliphatic carbocycles. The molecule has 44 heavy (non-hydrogen) atoms. The zero-order valence-electron chi connectivity index (χ0n) is 23.6. The van der Waals surface area contributed by atoms with Gasteiger partial charge >= 0.3 is 0 Å². The summed E-state index contributed by atoms with van der Waals surface area (Å²) in [6, 6.07) is 29.7. The number of benzene rings is 3. The van der Waals surface area contributed by atoms with Crippen LogP contribution in [0.2, 0.25) is 0 Å². The number of nitrogens with zero attached hydrogens (tertiary/aromatic N) is 4. The average molecular weight is 643 g/mol. The van der Waals surface area contributed by atoms with Crippen LogP contribution >= 0.6 is 24.8 Å². The lowest BCUT2D eigenvalue weighted by atomic mass is 10.3. The molecule has 0 saturated carbocycles. The summed E-state index contributed by atoms with van der Waals surface area (Å²) < 4.78 is 12.1. The second-order valence-electron chi connectivity index (χ2n) is 8.74. The molecule has 11 nitrogen and oxygen atoms in total. The van der Waals surface area contributed by atoms with Crippen LogP contribution in [0.25, 0.3) is 0 Å². The Hall–Kier alpha value is -5.33. The van der Waals surface area contributed by atoms with Crippen molar-refractivity contribution in [3.63, 3.8) is 0 Å². The number of hydrogen-bond acceptors (Lipinski definition) is 9. The fourth-order valence-corrected chi connectivity index (χ4v) is 3.32. The van der Waals surface area contributed by atoms with Gasteiger partial charge in [-0.15, -0.1) is 24.8 Å². The molecule has 2 heterocycles. The van der Waals surface area contributed by atoms with Gasteiger partial charge in [0.2, 0.25) is 0 Å². The first kappa shape index (κ1) is 36.7. The molecule has 14 heteroatoms. The van der Waals surface area contributed by atoms with Crippen molar-refractivity contribution in [3.05, 3.63) is 147 Å². The topological polar surface area (TPSA) is 162 Å². The maximum Gasteiger partial charge on any atom is 0.269 e. The molecule has 0 bridgehead atoms. The largest absolute Gasteiger partial charge is 0.399 e. The van der Waals surface area contributed by atoms with Gasteiger partial charge in [-0.05, 0) is 86.6 Å². The summed E-state index contributed by atoms with van der Waals surface area (Å²) in [6.07, 6.45) is 0. The summed E-state index contributed by atoms with van der Waals surface area (Å²) >= 11 is 0. The highest BCUT2D eigenvalue weighted by molar-refractivity contribution is 5.85. The van der Waals surface area contributed by atoms with Gasteiger partial charge in [0.1, 0.15) is 17.5 Å². The van der Waals surface area contributed by atoms with Crippen molar-refractivity contribution in [2.75, 3.05) is 16.4 Å². The van der Waals surface area contributed by atoms with Gasteiger partial charge in [-0.2, -0.15) is 0 Å². The Labute approximate surface area is 265 Å². The van der Waals surface area contributed by atoms with E-state index in [2.05, 4.69) is 20.6 Å². The Morgan fingerprint density at radius 2 is 0.977 bits per heavy atom. The van der Waals surface area contributed by atoms with Crippen LogP contribution in [-0.4, -0.2) is 19.8 Å². The first-order chi connectivity index (χ1) is 20.1. The van der Waals surface area contributed by atoms with Crippen molar-refractivity contribution in [1.29, 1.82) is 0 Å². The molecule has 5 rings (SSSR count). The van der Waals surface area contributed by atoms with Gasteiger partial charge in [-0.1, -0.05) is 12.1 Å². The maximum absolute atomic E-state index is 12.1. The number of aryl methyl sites for hydroxylation is 2. The molecule has 4 N–H and O–H groups in total. The number of pyridine rings is 2. The van der Waals surface area contributed by atoms with E-state index in [-0.39, 0.29) is 36.2 Å². The van der Waals surface area contributed by atoms with E-state index in [0.717, 1.165) is 64.4 Å². The van der Waals surface area contributed by atoms with Crippen LogP contribution in [-0.2, 0) is 0 Å². The number of nitro groups is 2. The smallest absolute Gasteiger partial charge is 0.269 e. The summed E-state index contributed by atoms with van der Waals surface area (Å²) in [6.45, 7) is 3.87. The highest BCUT2D eigenvalue weighted by atomic mass is 35.5. The van der Waals surface area contributed by atoms with Crippen molar-refractivity contribution in [2.24, 2.45) is 0 Å². The van der Waals surface area contributed by atoms with Gasteiger partial charge in [-0.25, -0.2) is 14.4 Å². The molecule has 0 radical (unpaired) electrons. The Kier molecular flexibility index (Phi) is 15.2. The monoisotopic (exact) mass is 641 g/mol. The minimum atomic E-state index is -0.570. The molecule has 0 spiro atoms. The number of anilines is 5. The van der Waals surface area contributed by atoms with Crippen LogP contribution in [0.5, 0.6) is 0 Å². The minimum absolute atomic E-state index is 0. The highest BCUT2D eigenvalue weighted by Crippen LogP contribution is 2.19. The third kappa shape index (κ3) is 12.7. The lowest BCUT2D eigenvalue weighted by Crippen LogP contribution is -1.94. The number of nitro benzene ring substituents is 2. The first-order valence-electron chi connectivity index (χ1n) is 12.5. The van der Waals surface area contributed by atoms with Crippen LogP contribution in [0.15, 0.2) is 109 Å². The van der Waals surface area contributed by atoms with E-state index in [1.807, 2.05) is 74.5 Å². The zero-order chi connectivity index (χ0) is 30.5. The average Bonchev–Trinajstić information content (AvgIpc) is 2.96. The van der Waals surface area contributed by atoms with Crippen LogP contribution in [0.1, 0.15) is 11.4 Å². The highest BCUT2D eigenvalue weighted by Gasteiger charge is 2.04. The summed E-state index contributed by atoms with van der Waals surface area (Å²) in [5, 5.41) is 26.8.